The monoisotopic (exact) mass is 376 g/mol. The Labute approximate surface area is 165 Å². The highest BCUT2D eigenvalue weighted by atomic mass is 16.5. The molecule has 0 aromatic heterocycles. The summed E-state index contributed by atoms with van der Waals surface area (Å²) in [6.45, 7) is 0. The van der Waals surface area contributed by atoms with E-state index < -0.39 is 0 Å². The van der Waals surface area contributed by atoms with E-state index in [0.29, 0.717) is 29.2 Å². The molecular formula is C24H24O4. The predicted octanol–water partition coefficient (Wildman–Crippen LogP) is 5.12. The molecular weight excluding hydrogens is 352 g/mol. The van der Waals surface area contributed by atoms with Crippen molar-refractivity contribution in [2.75, 3.05) is 21.3 Å². The first-order valence-corrected chi connectivity index (χ1v) is 9.11. The fourth-order valence-corrected chi connectivity index (χ4v) is 3.34. The molecule has 28 heavy (non-hydrogen) atoms. The lowest BCUT2D eigenvalue weighted by molar-refractivity contribution is 0.0977. The topological polar surface area (TPSA) is 44.8 Å². The SMILES string of the molecule is COc1cc(C(CC(=O)c2ccccc2)c2ccccc2)cc(OC)c1OC. The maximum atomic E-state index is 12.9. The average molecular weight is 376 g/mol. The molecule has 1 atom stereocenters. The number of carbonyl (C=O) groups excluding carboxylic acids is 1. The highest BCUT2D eigenvalue weighted by Crippen LogP contribution is 2.42. The second-order valence-electron chi connectivity index (χ2n) is 6.42. The van der Waals surface area contributed by atoms with Crippen molar-refractivity contribution in [2.45, 2.75) is 12.3 Å². The molecule has 0 heterocycles. The van der Waals surface area contributed by atoms with Crippen LogP contribution < -0.4 is 14.2 Å². The van der Waals surface area contributed by atoms with Crippen molar-refractivity contribution in [3.63, 3.8) is 0 Å². The number of hydrogen-bond donors (Lipinski definition) is 0. The quantitative estimate of drug-likeness (QED) is 0.512. The standard InChI is InChI=1S/C24H24O4/c1-26-22-14-19(15-23(27-2)24(22)28-3)20(17-10-6-4-7-11-17)16-21(25)18-12-8-5-9-13-18/h4-15,20H,16H2,1-3H3. The van der Waals surface area contributed by atoms with Crippen molar-refractivity contribution < 1.29 is 19.0 Å². The Balaban J connectivity index is 2.06. The minimum atomic E-state index is -0.136. The van der Waals surface area contributed by atoms with Crippen LogP contribution in [0.2, 0.25) is 0 Å². The van der Waals surface area contributed by atoms with E-state index in [1.54, 1.807) is 21.3 Å². The van der Waals surface area contributed by atoms with Crippen molar-refractivity contribution in [1.82, 2.24) is 0 Å². The lowest BCUT2D eigenvalue weighted by Gasteiger charge is -2.21. The van der Waals surface area contributed by atoms with Crippen LogP contribution in [0.3, 0.4) is 0 Å². The van der Waals surface area contributed by atoms with Crippen LogP contribution in [0, 0.1) is 0 Å². The third-order valence-electron chi connectivity index (χ3n) is 4.78. The number of benzene rings is 3. The van der Waals surface area contributed by atoms with Gasteiger partial charge in [-0.1, -0.05) is 60.7 Å². The Morgan fingerprint density at radius 3 is 1.79 bits per heavy atom. The Morgan fingerprint density at radius 2 is 1.29 bits per heavy atom. The second kappa shape index (κ2) is 9.09. The Morgan fingerprint density at radius 1 is 0.750 bits per heavy atom. The largest absolute Gasteiger partial charge is 0.493 e. The van der Waals surface area contributed by atoms with Gasteiger partial charge in [-0.25, -0.2) is 0 Å². The van der Waals surface area contributed by atoms with Crippen LogP contribution in [0.1, 0.15) is 33.8 Å². The fourth-order valence-electron chi connectivity index (χ4n) is 3.34. The summed E-state index contributed by atoms with van der Waals surface area (Å²) in [7, 11) is 4.76. The highest BCUT2D eigenvalue weighted by Gasteiger charge is 2.23. The van der Waals surface area contributed by atoms with E-state index in [2.05, 4.69) is 0 Å². The molecule has 4 heteroatoms. The van der Waals surface area contributed by atoms with Crippen LogP contribution >= 0.6 is 0 Å². The minimum absolute atomic E-state index is 0.0863. The molecule has 0 radical (unpaired) electrons. The molecule has 0 aliphatic carbocycles. The van der Waals surface area contributed by atoms with E-state index in [0.717, 1.165) is 11.1 Å². The summed E-state index contributed by atoms with van der Waals surface area (Å²) >= 11 is 0. The number of methoxy groups -OCH3 is 3. The van der Waals surface area contributed by atoms with Gasteiger partial charge in [0.2, 0.25) is 5.75 Å². The molecule has 0 aliphatic heterocycles. The second-order valence-corrected chi connectivity index (χ2v) is 6.42. The minimum Gasteiger partial charge on any atom is -0.493 e. The van der Waals surface area contributed by atoms with Gasteiger partial charge < -0.3 is 14.2 Å². The van der Waals surface area contributed by atoms with Crippen LogP contribution in [-0.4, -0.2) is 27.1 Å². The highest BCUT2D eigenvalue weighted by molar-refractivity contribution is 5.96. The lowest BCUT2D eigenvalue weighted by atomic mass is 9.85. The number of hydrogen-bond acceptors (Lipinski definition) is 4. The van der Waals surface area contributed by atoms with Gasteiger partial charge in [0.1, 0.15) is 0 Å². The van der Waals surface area contributed by atoms with Crippen LogP contribution in [0.25, 0.3) is 0 Å². The van der Waals surface area contributed by atoms with Crippen molar-refractivity contribution in [2.24, 2.45) is 0 Å². The van der Waals surface area contributed by atoms with E-state index in [1.165, 1.54) is 0 Å². The normalized spacial score (nSPS) is 11.5. The zero-order valence-corrected chi connectivity index (χ0v) is 16.3. The first-order chi connectivity index (χ1) is 13.7. The Bertz CT molecular complexity index is 895. The summed E-state index contributed by atoms with van der Waals surface area (Å²) in [6, 6.07) is 23.2. The summed E-state index contributed by atoms with van der Waals surface area (Å²) in [5.41, 5.74) is 2.70. The Kier molecular flexibility index (Phi) is 6.33. The molecule has 144 valence electrons. The molecule has 3 aromatic rings. The average Bonchev–Trinajstić information content (AvgIpc) is 2.77. The molecule has 0 amide bonds. The molecule has 4 nitrogen and oxygen atoms in total. The number of Topliss-reactive ketones (excluding diaryl/α,β-unsaturated/α-hetero) is 1. The third-order valence-corrected chi connectivity index (χ3v) is 4.78. The molecule has 3 aromatic carbocycles. The summed E-state index contributed by atoms with van der Waals surface area (Å²) in [5, 5.41) is 0. The van der Waals surface area contributed by atoms with Gasteiger partial charge >= 0.3 is 0 Å². The summed E-state index contributed by atoms with van der Waals surface area (Å²) in [5.74, 6) is 1.63. The maximum absolute atomic E-state index is 12.9. The molecule has 0 spiro atoms. The molecule has 0 aliphatic rings. The maximum Gasteiger partial charge on any atom is 0.203 e. The Hall–Kier alpha value is -3.27. The van der Waals surface area contributed by atoms with Crippen molar-refractivity contribution in [1.29, 1.82) is 0 Å². The molecule has 0 fully saturated rings. The van der Waals surface area contributed by atoms with Crippen LogP contribution in [-0.2, 0) is 0 Å². The summed E-state index contributed by atoms with van der Waals surface area (Å²) in [6.07, 6.45) is 0.340. The molecule has 0 saturated heterocycles. The third kappa shape index (κ3) is 4.17. The zero-order valence-electron chi connectivity index (χ0n) is 16.3. The molecule has 1 unspecified atom stereocenters. The zero-order chi connectivity index (χ0) is 19.9. The lowest BCUT2D eigenvalue weighted by Crippen LogP contribution is -2.10. The number of ketones is 1. The van der Waals surface area contributed by atoms with Gasteiger partial charge in [0.15, 0.2) is 17.3 Å². The first kappa shape index (κ1) is 19.5. The van der Waals surface area contributed by atoms with E-state index >= 15 is 0 Å². The smallest absolute Gasteiger partial charge is 0.203 e. The van der Waals surface area contributed by atoms with E-state index in [-0.39, 0.29) is 11.7 Å². The van der Waals surface area contributed by atoms with Gasteiger partial charge in [-0.2, -0.15) is 0 Å². The molecule has 0 bridgehead atoms. The van der Waals surface area contributed by atoms with Gasteiger partial charge in [-0.15, -0.1) is 0 Å². The van der Waals surface area contributed by atoms with Crippen LogP contribution in [0.4, 0.5) is 0 Å². The number of ether oxygens (including phenoxy) is 3. The first-order valence-electron chi connectivity index (χ1n) is 9.11. The van der Waals surface area contributed by atoms with Gasteiger partial charge in [0.25, 0.3) is 0 Å². The van der Waals surface area contributed by atoms with Gasteiger partial charge in [0, 0.05) is 17.9 Å². The van der Waals surface area contributed by atoms with Crippen molar-refractivity contribution in [3.05, 3.63) is 89.5 Å². The molecule has 0 saturated carbocycles. The molecule has 3 rings (SSSR count). The van der Waals surface area contributed by atoms with Crippen molar-refractivity contribution in [3.8, 4) is 17.2 Å². The van der Waals surface area contributed by atoms with Gasteiger partial charge in [0.05, 0.1) is 21.3 Å². The van der Waals surface area contributed by atoms with Crippen LogP contribution in [0.15, 0.2) is 72.8 Å². The number of carbonyl (C=O) groups is 1. The summed E-state index contributed by atoms with van der Waals surface area (Å²) in [4.78, 5) is 12.9. The van der Waals surface area contributed by atoms with E-state index in [1.807, 2.05) is 72.8 Å². The fraction of sp³-hybridized carbons (Fsp3) is 0.208. The van der Waals surface area contributed by atoms with Gasteiger partial charge in [-0.3, -0.25) is 4.79 Å². The van der Waals surface area contributed by atoms with Crippen molar-refractivity contribution >= 4 is 5.78 Å². The predicted molar refractivity (Wildman–Crippen MR) is 110 cm³/mol. The van der Waals surface area contributed by atoms with E-state index in [4.69, 9.17) is 14.2 Å². The van der Waals surface area contributed by atoms with Crippen LogP contribution in [0.5, 0.6) is 17.2 Å². The summed E-state index contributed by atoms with van der Waals surface area (Å²) < 4.78 is 16.4. The number of rotatable bonds is 8. The van der Waals surface area contributed by atoms with E-state index in [9.17, 15) is 4.79 Å². The van der Waals surface area contributed by atoms with Gasteiger partial charge in [-0.05, 0) is 23.3 Å². The molecule has 0 N–H and O–H groups in total.